The molecule has 3 aromatic rings. The van der Waals surface area contributed by atoms with Crippen molar-refractivity contribution in [1.82, 2.24) is 14.2 Å². The standard InChI is InChI=1S/C22H24FN3O2S/c23-22-11-5-4-9-19(22)17-29(27,28)24-13-21-16-25-12-6-10-20(25)15-26(21)14-18-7-2-1-3-8-18/h1-12,21,24H,13-17H2. The second-order valence-corrected chi connectivity index (χ2v) is 9.20. The van der Waals surface area contributed by atoms with Gasteiger partial charge in [-0.05, 0) is 23.8 Å². The second-order valence-electron chi connectivity index (χ2n) is 7.40. The zero-order valence-electron chi connectivity index (χ0n) is 16.0. The molecule has 7 heteroatoms. The number of rotatable bonds is 7. The van der Waals surface area contributed by atoms with Gasteiger partial charge in [-0.1, -0.05) is 48.5 Å². The van der Waals surface area contributed by atoms with E-state index in [-0.39, 0.29) is 23.9 Å². The minimum Gasteiger partial charge on any atom is -0.349 e. The first-order valence-corrected chi connectivity index (χ1v) is 11.3. The van der Waals surface area contributed by atoms with Gasteiger partial charge in [-0.25, -0.2) is 17.5 Å². The minimum atomic E-state index is -3.64. The molecule has 0 fully saturated rings. The Kier molecular flexibility index (Phi) is 5.80. The van der Waals surface area contributed by atoms with E-state index in [1.807, 2.05) is 30.5 Å². The van der Waals surface area contributed by atoms with Gasteiger partial charge in [-0.2, -0.15) is 0 Å². The summed E-state index contributed by atoms with van der Waals surface area (Å²) in [7, 11) is -3.64. The fourth-order valence-corrected chi connectivity index (χ4v) is 4.93. The number of hydrogen-bond donors (Lipinski definition) is 1. The lowest BCUT2D eigenvalue weighted by atomic mass is 10.1. The van der Waals surface area contributed by atoms with Gasteiger partial charge in [0, 0.05) is 49.7 Å². The molecule has 2 heterocycles. The van der Waals surface area contributed by atoms with Gasteiger partial charge in [0.05, 0.1) is 5.75 Å². The maximum absolute atomic E-state index is 13.8. The van der Waals surface area contributed by atoms with E-state index in [0.29, 0.717) is 6.54 Å². The number of sulfonamides is 1. The minimum absolute atomic E-state index is 0.00509. The number of nitrogens with zero attached hydrogens (tertiary/aromatic N) is 2. The molecule has 4 rings (SSSR count). The van der Waals surface area contributed by atoms with Crippen LogP contribution < -0.4 is 4.72 Å². The van der Waals surface area contributed by atoms with Crippen molar-refractivity contribution in [2.24, 2.45) is 0 Å². The van der Waals surface area contributed by atoms with Gasteiger partial charge in [0.25, 0.3) is 0 Å². The van der Waals surface area contributed by atoms with Gasteiger partial charge >= 0.3 is 0 Å². The van der Waals surface area contributed by atoms with Crippen molar-refractivity contribution in [3.05, 3.63) is 95.6 Å². The molecule has 0 bridgehead atoms. The van der Waals surface area contributed by atoms with Crippen molar-refractivity contribution in [3.63, 3.8) is 0 Å². The number of aromatic nitrogens is 1. The molecular weight excluding hydrogens is 389 g/mol. The zero-order chi connectivity index (χ0) is 20.3. The van der Waals surface area contributed by atoms with Crippen LogP contribution in [0, 0.1) is 5.82 Å². The lowest BCUT2D eigenvalue weighted by Crippen LogP contribution is -2.48. The fraction of sp³-hybridized carbons (Fsp3) is 0.273. The molecule has 0 saturated carbocycles. The van der Waals surface area contributed by atoms with Crippen LogP contribution in [0.3, 0.4) is 0 Å². The largest absolute Gasteiger partial charge is 0.349 e. The molecule has 1 atom stereocenters. The Morgan fingerprint density at radius 2 is 1.76 bits per heavy atom. The molecule has 1 aliphatic heterocycles. The summed E-state index contributed by atoms with van der Waals surface area (Å²) >= 11 is 0. The second kappa shape index (κ2) is 8.49. The Labute approximate surface area is 170 Å². The summed E-state index contributed by atoms with van der Waals surface area (Å²) in [6, 6.07) is 20.2. The van der Waals surface area contributed by atoms with Crippen molar-refractivity contribution in [2.75, 3.05) is 6.54 Å². The smallest absolute Gasteiger partial charge is 0.215 e. The molecule has 0 saturated heterocycles. The van der Waals surface area contributed by atoms with Crippen molar-refractivity contribution < 1.29 is 12.8 Å². The third-order valence-corrected chi connectivity index (χ3v) is 6.58. The molecule has 2 aromatic carbocycles. The van der Waals surface area contributed by atoms with Crippen LogP contribution in [0.25, 0.3) is 0 Å². The fourth-order valence-electron chi connectivity index (χ4n) is 3.74. The summed E-state index contributed by atoms with van der Waals surface area (Å²) in [6.07, 6.45) is 2.02. The van der Waals surface area contributed by atoms with Gasteiger partial charge in [0.15, 0.2) is 0 Å². The van der Waals surface area contributed by atoms with Crippen LogP contribution in [0.2, 0.25) is 0 Å². The highest BCUT2D eigenvalue weighted by molar-refractivity contribution is 7.88. The number of nitrogens with one attached hydrogen (secondary N) is 1. The van der Waals surface area contributed by atoms with Crippen molar-refractivity contribution >= 4 is 10.0 Å². The Hall–Kier alpha value is -2.48. The molecule has 1 unspecified atom stereocenters. The summed E-state index contributed by atoms with van der Waals surface area (Å²) < 4.78 is 43.8. The van der Waals surface area contributed by atoms with Crippen LogP contribution in [0.4, 0.5) is 4.39 Å². The van der Waals surface area contributed by atoms with E-state index in [2.05, 4.69) is 32.4 Å². The van der Waals surface area contributed by atoms with Crippen LogP contribution in [-0.4, -0.2) is 30.5 Å². The van der Waals surface area contributed by atoms with E-state index in [4.69, 9.17) is 0 Å². The molecule has 1 aliphatic rings. The topological polar surface area (TPSA) is 54.3 Å². The molecule has 29 heavy (non-hydrogen) atoms. The molecular formula is C22H24FN3O2S. The van der Waals surface area contributed by atoms with Crippen LogP contribution in [0.15, 0.2) is 72.9 Å². The molecule has 0 amide bonds. The van der Waals surface area contributed by atoms with E-state index in [9.17, 15) is 12.8 Å². The van der Waals surface area contributed by atoms with Crippen molar-refractivity contribution in [2.45, 2.75) is 31.4 Å². The number of fused-ring (bicyclic) bond motifs is 1. The molecule has 0 spiro atoms. The van der Waals surface area contributed by atoms with Crippen molar-refractivity contribution in [1.29, 1.82) is 0 Å². The van der Waals surface area contributed by atoms with Crippen LogP contribution in [0.1, 0.15) is 16.8 Å². The number of benzene rings is 2. The normalized spacial score (nSPS) is 17.2. The Morgan fingerprint density at radius 1 is 1.00 bits per heavy atom. The SMILES string of the molecule is O=S(=O)(Cc1ccccc1F)NCC1Cn2cccc2CN1Cc1ccccc1. The monoisotopic (exact) mass is 413 g/mol. The lowest BCUT2D eigenvalue weighted by Gasteiger charge is -2.37. The first-order valence-electron chi connectivity index (χ1n) is 9.63. The molecule has 0 radical (unpaired) electrons. The highest BCUT2D eigenvalue weighted by Gasteiger charge is 2.27. The van der Waals surface area contributed by atoms with Crippen LogP contribution in [0.5, 0.6) is 0 Å². The summed E-state index contributed by atoms with van der Waals surface area (Å²) in [6.45, 7) is 2.48. The summed E-state index contributed by atoms with van der Waals surface area (Å²) in [5.41, 5.74) is 2.58. The maximum atomic E-state index is 13.8. The van der Waals surface area contributed by atoms with E-state index in [1.165, 1.54) is 23.4 Å². The van der Waals surface area contributed by atoms with Gasteiger partial charge in [-0.3, -0.25) is 4.90 Å². The summed E-state index contributed by atoms with van der Waals surface area (Å²) in [4.78, 5) is 2.29. The number of halogens is 1. The average Bonchev–Trinajstić information content (AvgIpc) is 3.16. The number of hydrogen-bond acceptors (Lipinski definition) is 3. The Balaban J connectivity index is 1.47. The lowest BCUT2D eigenvalue weighted by molar-refractivity contribution is 0.133. The molecule has 152 valence electrons. The highest BCUT2D eigenvalue weighted by atomic mass is 32.2. The molecule has 5 nitrogen and oxygen atoms in total. The third-order valence-electron chi connectivity index (χ3n) is 5.28. The van der Waals surface area contributed by atoms with Gasteiger partial charge in [0.1, 0.15) is 5.82 Å². The van der Waals surface area contributed by atoms with Crippen LogP contribution in [-0.2, 0) is 35.4 Å². The Morgan fingerprint density at radius 3 is 2.55 bits per heavy atom. The van der Waals surface area contributed by atoms with Crippen LogP contribution >= 0.6 is 0 Å². The van der Waals surface area contributed by atoms with E-state index < -0.39 is 15.8 Å². The quantitative estimate of drug-likeness (QED) is 0.648. The molecule has 1 aromatic heterocycles. The molecule has 1 N–H and O–H groups in total. The predicted octanol–water partition coefficient (Wildman–Crippen LogP) is 3.13. The maximum Gasteiger partial charge on any atom is 0.215 e. The zero-order valence-corrected chi connectivity index (χ0v) is 16.9. The van der Waals surface area contributed by atoms with E-state index >= 15 is 0 Å². The van der Waals surface area contributed by atoms with Gasteiger partial charge < -0.3 is 4.57 Å². The summed E-state index contributed by atoms with van der Waals surface area (Å²) in [5, 5.41) is 0. The third kappa shape index (κ3) is 4.93. The first kappa shape index (κ1) is 19.8. The average molecular weight is 414 g/mol. The highest BCUT2D eigenvalue weighted by Crippen LogP contribution is 2.21. The summed E-state index contributed by atoms with van der Waals surface area (Å²) in [5.74, 6) is -0.863. The van der Waals surface area contributed by atoms with E-state index in [1.54, 1.807) is 12.1 Å². The first-order chi connectivity index (χ1) is 14.0. The predicted molar refractivity (Wildman–Crippen MR) is 111 cm³/mol. The molecule has 0 aliphatic carbocycles. The van der Waals surface area contributed by atoms with Gasteiger partial charge in [0.2, 0.25) is 10.0 Å². The van der Waals surface area contributed by atoms with E-state index in [0.717, 1.165) is 13.1 Å². The van der Waals surface area contributed by atoms with Crippen molar-refractivity contribution in [3.8, 4) is 0 Å². The van der Waals surface area contributed by atoms with Gasteiger partial charge in [-0.15, -0.1) is 0 Å². The Bertz CT molecular complexity index is 1070.